The fourth-order valence-corrected chi connectivity index (χ4v) is 7.90. The van der Waals surface area contributed by atoms with Crippen LogP contribution in [0.1, 0.15) is 245 Å². The predicted octanol–water partition coefficient (Wildman–Crippen LogP) is 15.4. The lowest BCUT2D eigenvalue weighted by Crippen LogP contribution is -2.50. The Morgan fingerprint density at radius 1 is 0.476 bits per heavy atom. The topological polar surface area (TPSA) is 99.1 Å². The van der Waals surface area contributed by atoms with Crippen LogP contribution in [0.3, 0.4) is 0 Å². The van der Waals surface area contributed by atoms with Crippen molar-refractivity contribution in [3.63, 3.8) is 0 Å². The Labute approximate surface area is 389 Å². The van der Waals surface area contributed by atoms with Gasteiger partial charge in [-0.05, 0) is 64.2 Å². The SMILES string of the molecule is CCCCCC/C=C/C=C/CCCCCCCCCCCCC(=O)OC(COCCC(C(=O)O)[N+](C)(C)C)COC(=O)CCCCCCCCC/C=C/CCCCCCCCCC. The molecule has 1 N–H and O–H groups in total. The number of nitrogens with zero attached hydrogens (tertiary/aromatic N) is 1. The van der Waals surface area contributed by atoms with Crippen LogP contribution in [0.2, 0.25) is 0 Å². The minimum absolute atomic E-state index is 0.0524. The third-order valence-corrected chi connectivity index (χ3v) is 12.0. The van der Waals surface area contributed by atoms with Crippen LogP contribution in [0.25, 0.3) is 0 Å². The largest absolute Gasteiger partial charge is 0.477 e. The summed E-state index contributed by atoms with van der Waals surface area (Å²) in [5.41, 5.74) is 0. The van der Waals surface area contributed by atoms with Gasteiger partial charge in [0.05, 0.1) is 34.4 Å². The van der Waals surface area contributed by atoms with Crippen molar-refractivity contribution in [2.45, 2.75) is 257 Å². The molecular formula is C55H102NO7+. The number of rotatable bonds is 48. The van der Waals surface area contributed by atoms with E-state index in [2.05, 4.69) is 50.3 Å². The van der Waals surface area contributed by atoms with Crippen molar-refractivity contribution < 1.29 is 38.2 Å². The van der Waals surface area contributed by atoms with E-state index in [4.69, 9.17) is 14.2 Å². The van der Waals surface area contributed by atoms with Crippen molar-refractivity contribution >= 4 is 17.9 Å². The number of ether oxygens (including phenoxy) is 3. The average Bonchev–Trinajstić information content (AvgIpc) is 3.24. The molecule has 2 unspecified atom stereocenters. The fourth-order valence-electron chi connectivity index (χ4n) is 7.90. The third-order valence-electron chi connectivity index (χ3n) is 12.0. The van der Waals surface area contributed by atoms with E-state index in [-0.39, 0.29) is 36.2 Å². The number of carboxylic acids is 1. The number of quaternary nitrogens is 1. The lowest BCUT2D eigenvalue weighted by atomic mass is 10.1. The number of likely N-dealkylation sites (N-methyl/N-ethyl adjacent to an activating group) is 1. The number of aliphatic carboxylic acids is 1. The first-order chi connectivity index (χ1) is 30.6. The third kappa shape index (κ3) is 44.5. The number of carbonyl (C=O) groups is 3. The molecule has 0 aromatic rings. The summed E-state index contributed by atoms with van der Waals surface area (Å²) in [6, 6.07) is -0.616. The Morgan fingerprint density at radius 3 is 1.25 bits per heavy atom. The van der Waals surface area contributed by atoms with Crippen LogP contribution in [0.15, 0.2) is 36.5 Å². The van der Waals surface area contributed by atoms with Crippen molar-refractivity contribution in [2.24, 2.45) is 0 Å². The highest BCUT2D eigenvalue weighted by Gasteiger charge is 2.31. The molecule has 0 radical (unpaired) electrons. The van der Waals surface area contributed by atoms with Gasteiger partial charge in [-0.25, -0.2) is 4.79 Å². The lowest BCUT2D eigenvalue weighted by molar-refractivity contribution is -0.887. The summed E-state index contributed by atoms with van der Waals surface area (Å²) in [4.78, 5) is 37.2. The normalized spacial score (nSPS) is 13.1. The van der Waals surface area contributed by atoms with Gasteiger partial charge in [0.1, 0.15) is 6.61 Å². The van der Waals surface area contributed by atoms with Crippen molar-refractivity contribution in [2.75, 3.05) is 41.0 Å². The van der Waals surface area contributed by atoms with Crippen LogP contribution in [-0.2, 0) is 28.6 Å². The summed E-state index contributed by atoms with van der Waals surface area (Å²) in [6.45, 7) is 4.74. The Bertz CT molecular complexity index is 1130. The number of hydrogen-bond donors (Lipinski definition) is 1. The van der Waals surface area contributed by atoms with Crippen molar-refractivity contribution in [3.8, 4) is 0 Å². The van der Waals surface area contributed by atoms with Crippen LogP contribution in [-0.4, -0.2) is 80.6 Å². The number of hydrogen-bond acceptors (Lipinski definition) is 6. The highest BCUT2D eigenvalue weighted by Crippen LogP contribution is 2.16. The number of carboxylic acid groups (broad SMARTS) is 1. The Balaban J connectivity index is 4.23. The van der Waals surface area contributed by atoms with E-state index in [9.17, 15) is 19.5 Å². The molecule has 2 atom stereocenters. The van der Waals surface area contributed by atoms with Crippen molar-refractivity contribution in [3.05, 3.63) is 36.5 Å². The average molecular weight is 889 g/mol. The maximum Gasteiger partial charge on any atom is 0.362 e. The Kier molecular flexibility index (Phi) is 44.3. The van der Waals surface area contributed by atoms with Gasteiger partial charge in [0.25, 0.3) is 0 Å². The zero-order chi connectivity index (χ0) is 46.3. The maximum absolute atomic E-state index is 12.8. The molecule has 0 aromatic heterocycles. The minimum Gasteiger partial charge on any atom is -0.477 e. The monoisotopic (exact) mass is 889 g/mol. The van der Waals surface area contributed by atoms with Gasteiger partial charge in [0.2, 0.25) is 0 Å². The van der Waals surface area contributed by atoms with Gasteiger partial charge < -0.3 is 23.8 Å². The first-order valence-corrected chi connectivity index (χ1v) is 26.5. The van der Waals surface area contributed by atoms with Gasteiger partial charge in [-0.1, -0.05) is 198 Å². The summed E-state index contributed by atoms with van der Waals surface area (Å²) in [5, 5.41) is 9.66. The summed E-state index contributed by atoms with van der Waals surface area (Å²) in [6.07, 6.45) is 54.7. The number of unbranched alkanes of at least 4 members (excludes halogenated alkanes) is 29. The number of esters is 2. The molecule has 8 nitrogen and oxygen atoms in total. The van der Waals surface area contributed by atoms with Gasteiger partial charge in [-0.15, -0.1) is 0 Å². The second-order valence-electron chi connectivity index (χ2n) is 19.2. The summed E-state index contributed by atoms with van der Waals surface area (Å²) in [7, 11) is 5.54. The minimum atomic E-state index is -0.874. The van der Waals surface area contributed by atoms with Gasteiger partial charge >= 0.3 is 17.9 Å². The molecule has 0 spiro atoms. The molecule has 0 heterocycles. The molecule has 0 aliphatic rings. The molecule has 0 aromatic carbocycles. The van der Waals surface area contributed by atoms with Gasteiger partial charge in [0.15, 0.2) is 12.1 Å². The zero-order valence-corrected chi connectivity index (χ0v) is 42.0. The molecule has 0 fully saturated rings. The standard InChI is InChI=1S/C55H101NO7/c1-6-8-10-12-14-16-18-20-22-24-26-28-30-32-34-36-38-40-42-44-46-54(58)63-51(49-61-48-47-52(55(59)60)56(3,4)5)50-62-53(57)45-43-41-39-37-35-33-31-29-27-25-23-21-19-17-15-13-11-9-7-2/h16,18,20,22,25,27,51-52H,6-15,17,19,21,23-24,26,28-50H2,1-5H3/p+1/b18-16+,22-20+,27-25+. The molecule has 0 bridgehead atoms. The predicted molar refractivity (Wildman–Crippen MR) is 266 cm³/mol. The van der Waals surface area contributed by atoms with E-state index in [0.717, 1.165) is 38.5 Å². The Morgan fingerprint density at radius 2 is 0.841 bits per heavy atom. The van der Waals surface area contributed by atoms with Crippen LogP contribution in [0.4, 0.5) is 0 Å². The van der Waals surface area contributed by atoms with Crippen molar-refractivity contribution in [1.29, 1.82) is 0 Å². The first-order valence-electron chi connectivity index (χ1n) is 26.5. The number of allylic oxidation sites excluding steroid dienone is 6. The molecule has 0 aliphatic heterocycles. The van der Waals surface area contributed by atoms with E-state index < -0.39 is 18.1 Å². The van der Waals surface area contributed by atoms with Crippen LogP contribution in [0.5, 0.6) is 0 Å². The van der Waals surface area contributed by atoms with E-state index in [0.29, 0.717) is 19.3 Å². The molecule has 0 saturated carbocycles. The second kappa shape index (κ2) is 46.1. The zero-order valence-electron chi connectivity index (χ0n) is 42.0. The van der Waals surface area contributed by atoms with E-state index >= 15 is 0 Å². The number of carbonyl (C=O) groups excluding carboxylic acids is 2. The summed E-state index contributed by atoms with van der Waals surface area (Å²) in [5.74, 6) is -1.46. The van der Waals surface area contributed by atoms with Gasteiger partial charge in [-0.2, -0.15) is 0 Å². The Hall–Kier alpha value is -2.45. The molecule has 0 rings (SSSR count). The second-order valence-corrected chi connectivity index (χ2v) is 19.2. The van der Waals surface area contributed by atoms with E-state index in [1.165, 1.54) is 173 Å². The van der Waals surface area contributed by atoms with Crippen LogP contribution in [0, 0.1) is 0 Å². The maximum atomic E-state index is 12.8. The molecule has 0 amide bonds. The molecular weight excluding hydrogens is 787 g/mol. The first kappa shape index (κ1) is 60.5. The fraction of sp³-hybridized carbons (Fsp3) is 0.836. The molecule has 8 heteroatoms. The lowest BCUT2D eigenvalue weighted by Gasteiger charge is -2.31. The molecule has 63 heavy (non-hydrogen) atoms. The van der Waals surface area contributed by atoms with E-state index in [1.807, 2.05) is 21.1 Å². The van der Waals surface area contributed by atoms with Gasteiger partial charge in [0, 0.05) is 19.3 Å². The highest BCUT2D eigenvalue weighted by molar-refractivity contribution is 5.72. The molecule has 0 saturated heterocycles. The van der Waals surface area contributed by atoms with Gasteiger partial charge in [-0.3, -0.25) is 9.59 Å². The summed E-state index contributed by atoms with van der Waals surface area (Å²) >= 11 is 0. The quantitative estimate of drug-likeness (QED) is 0.0214. The van der Waals surface area contributed by atoms with E-state index in [1.54, 1.807) is 0 Å². The molecule has 0 aliphatic carbocycles. The van der Waals surface area contributed by atoms with Crippen LogP contribution >= 0.6 is 0 Å². The smallest absolute Gasteiger partial charge is 0.362 e. The molecule has 368 valence electrons. The van der Waals surface area contributed by atoms with Crippen molar-refractivity contribution in [1.82, 2.24) is 0 Å². The summed E-state index contributed by atoms with van der Waals surface area (Å²) < 4.78 is 17.4. The van der Waals surface area contributed by atoms with Crippen LogP contribution < -0.4 is 0 Å². The highest BCUT2D eigenvalue weighted by atomic mass is 16.6.